The average Bonchev–Trinajstić information content (AvgIpc) is 2.27. The third kappa shape index (κ3) is 3.42. The lowest BCUT2D eigenvalue weighted by molar-refractivity contribution is -0.147. The van der Waals surface area contributed by atoms with E-state index in [0.717, 1.165) is 12.1 Å². The van der Waals surface area contributed by atoms with Gasteiger partial charge in [0.1, 0.15) is 11.6 Å². The first kappa shape index (κ1) is 13.9. The lowest BCUT2D eigenvalue weighted by Gasteiger charge is -2.14. The molecule has 7 heteroatoms. The maximum atomic E-state index is 13.4. The molecule has 1 aromatic carbocycles. The zero-order valence-corrected chi connectivity index (χ0v) is 9.55. The van der Waals surface area contributed by atoms with Crippen LogP contribution in [0, 0.1) is 5.82 Å². The highest BCUT2D eigenvalue weighted by Gasteiger charge is 2.20. The van der Waals surface area contributed by atoms with Gasteiger partial charge in [0.2, 0.25) is 6.10 Å². The molecule has 1 atom stereocenters. The quantitative estimate of drug-likeness (QED) is 0.768. The van der Waals surface area contributed by atoms with E-state index in [9.17, 15) is 14.0 Å². The lowest BCUT2D eigenvalue weighted by Crippen LogP contribution is -2.31. The molecule has 6 nitrogen and oxygen atoms in total. The van der Waals surface area contributed by atoms with Gasteiger partial charge < -0.3 is 20.3 Å². The van der Waals surface area contributed by atoms with E-state index < -0.39 is 23.8 Å². The maximum Gasteiger partial charge on any atom is 0.347 e. The molecule has 0 aliphatic rings. The van der Waals surface area contributed by atoms with E-state index in [-0.39, 0.29) is 17.9 Å². The van der Waals surface area contributed by atoms with Crippen molar-refractivity contribution in [1.82, 2.24) is 0 Å². The van der Waals surface area contributed by atoms with Crippen LogP contribution in [0.4, 0.5) is 4.39 Å². The molecule has 1 amide bonds. The second-order valence-corrected chi connectivity index (χ2v) is 3.41. The van der Waals surface area contributed by atoms with Crippen molar-refractivity contribution in [3.63, 3.8) is 0 Å². The van der Waals surface area contributed by atoms with Gasteiger partial charge in [0, 0.05) is 13.2 Å². The molecule has 0 heterocycles. The molecule has 0 aliphatic heterocycles. The van der Waals surface area contributed by atoms with Crippen LogP contribution < -0.4 is 10.5 Å². The molecule has 1 aromatic rings. The van der Waals surface area contributed by atoms with Crippen molar-refractivity contribution in [3.05, 3.63) is 29.6 Å². The normalized spacial score (nSPS) is 11.9. The number of rotatable bonds is 6. The van der Waals surface area contributed by atoms with E-state index in [1.807, 2.05) is 0 Å². The first-order valence-corrected chi connectivity index (χ1v) is 4.93. The van der Waals surface area contributed by atoms with Crippen LogP contribution in [0.25, 0.3) is 0 Å². The second kappa shape index (κ2) is 5.97. The van der Waals surface area contributed by atoms with E-state index in [1.54, 1.807) is 0 Å². The van der Waals surface area contributed by atoms with Gasteiger partial charge in [0.05, 0.1) is 12.2 Å². The smallest absolute Gasteiger partial charge is 0.347 e. The van der Waals surface area contributed by atoms with Gasteiger partial charge in [0.25, 0.3) is 5.91 Å². The predicted molar refractivity (Wildman–Crippen MR) is 58.8 cm³/mol. The molecule has 0 saturated heterocycles. The molecule has 0 radical (unpaired) electrons. The summed E-state index contributed by atoms with van der Waals surface area (Å²) in [4.78, 5) is 21.6. The zero-order chi connectivity index (χ0) is 13.7. The number of methoxy groups -OCH3 is 1. The van der Waals surface area contributed by atoms with Crippen LogP contribution in [-0.4, -0.2) is 36.8 Å². The first-order chi connectivity index (χ1) is 8.45. The summed E-state index contributed by atoms with van der Waals surface area (Å²) in [7, 11) is 1.32. The third-order valence-corrected chi connectivity index (χ3v) is 2.08. The molecule has 98 valence electrons. The van der Waals surface area contributed by atoms with Gasteiger partial charge in [0.15, 0.2) is 0 Å². The zero-order valence-electron chi connectivity index (χ0n) is 9.55. The maximum absolute atomic E-state index is 13.4. The molecule has 0 aliphatic carbocycles. The number of hydrogen-bond acceptors (Lipinski definition) is 4. The fraction of sp³-hybridized carbons (Fsp3) is 0.273. The number of halogens is 1. The fourth-order valence-corrected chi connectivity index (χ4v) is 1.24. The van der Waals surface area contributed by atoms with Crippen LogP contribution >= 0.6 is 0 Å². The number of primary amides is 1. The highest BCUT2D eigenvalue weighted by atomic mass is 19.1. The fourth-order valence-electron chi connectivity index (χ4n) is 1.24. The summed E-state index contributed by atoms with van der Waals surface area (Å²) in [6.45, 7) is -0.186. The Morgan fingerprint density at radius 2 is 2.17 bits per heavy atom. The molecule has 0 bridgehead atoms. The van der Waals surface area contributed by atoms with Crippen LogP contribution in [0.3, 0.4) is 0 Å². The van der Waals surface area contributed by atoms with E-state index >= 15 is 0 Å². The summed E-state index contributed by atoms with van der Waals surface area (Å²) in [6.07, 6.45) is -1.26. The minimum absolute atomic E-state index is 0.0260. The van der Waals surface area contributed by atoms with Crippen LogP contribution in [0.5, 0.6) is 5.75 Å². The highest BCUT2D eigenvalue weighted by molar-refractivity contribution is 5.93. The Bertz CT molecular complexity index is 463. The Morgan fingerprint density at radius 3 is 2.61 bits per heavy atom. The van der Waals surface area contributed by atoms with Crippen molar-refractivity contribution >= 4 is 11.9 Å². The largest absolute Gasteiger partial charge is 0.478 e. The summed E-state index contributed by atoms with van der Waals surface area (Å²) >= 11 is 0. The minimum atomic E-state index is -1.26. The number of nitrogens with two attached hydrogens (primary N) is 1. The summed E-state index contributed by atoms with van der Waals surface area (Å²) < 4.78 is 23.0. The van der Waals surface area contributed by atoms with Crippen molar-refractivity contribution in [1.29, 1.82) is 0 Å². The van der Waals surface area contributed by atoms with Crippen LogP contribution in [0.2, 0.25) is 0 Å². The number of carboxylic acid groups (broad SMARTS) is 1. The van der Waals surface area contributed by atoms with Crippen molar-refractivity contribution in [2.24, 2.45) is 5.73 Å². The molecule has 3 N–H and O–H groups in total. The van der Waals surface area contributed by atoms with E-state index in [1.165, 1.54) is 13.2 Å². The molecule has 1 unspecified atom stereocenters. The Balaban J connectivity index is 2.88. The Hall–Kier alpha value is -2.15. The van der Waals surface area contributed by atoms with Gasteiger partial charge in [-0.2, -0.15) is 0 Å². The number of carbonyl (C=O) groups excluding carboxylic acids is 1. The first-order valence-electron chi connectivity index (χ1n) is 4.93. The lowest BCUT2D eigenvalue weighted by atomic mass is 10.2. The molecule has 1 rings (SSSR count). The van der Waals surface area contributed by atoms with Gasteiger partial charge in [-0.3, -0.25) is 4.79 Å². The average molecular weight is 257 g/mol. The topological polar surface area (TPSA) is 98.9 Å². The minimum Gasteiger partial charge on any atom is -0.478 e. The SMILES string of the molecule is COCC(Oc1ccc(C(N)=O)c(F)c1)C(=O)O. The summed E-state index contributed by atoms with van der Waals surface area (Å²) in [5.41, 5.74) is 4.64. The van der Waals surface area contributed by atoms with Gasteiger partial charge in [-0.05, 0) is 12.1 Å². The molecular formula is C11H12FNO5. The van der Waals surface area contributed by atoms with Crippen LogP contribution in [0.1, 0.15) is 10.4 Å². The standard InChI is InChI=1S/C11H12FNO5/c1-17-5-9(11(15)16)18-6-2-3-7(10(13)14)8(12)4-6/h2-4,9H,5H2,1H3,(H2,13,14)(H,15,16). The molecule has 0 aromatic heterocycles. The summed E-state index contributed by atoms with van der Waals surface area (Å²) in [5.74, 6) is -3.05. The van der Waals surface area contributed by atoms with Gasteiger partial charge in [-0.1, -0.05) is 0 Å². The number of hydrogen-bond donors (Lipinski definition) is 2. The predicted octanol–water partition coefficient (Wildman–Crippen LogP) is 0.403. The Labute approximate surface area is 102 Å². The van der Waals surface area contributed by atoms with Crippen molar-refractivity contribution in [3.8, 4) is 5.75 Å². The van der Waals surface area contributed by atoms with Crippen molar-refractivity contribution in [2.45, 2.75) is 6.10 Å². The van der Waals surface area contributed by atoms with Crippen molar-refractivity contribution in [2.75, 3.05) is 13.7 Å². The van der Waals surface area contributed by atoms with E-state index in [0.29, 0.717) is 0 Å². The van der Waals surface area contributed by atoms with E-state index in [2.05, 4.69) is 4.74 Å². The summed E-state index contributed by atoms with van der Waals surface area (Å²) in [6, 6.07) is 3.28. The number of amides is 1. The number of carboxylic acids is 1. The van der Waals surface area contributed by atoms with Crippen molar-refractivity contribution < 1.29 is 28.6 Å². The Morgan fingerprint density at radius 1 is 1.50 bits per heavy atom. The van der Waals surface area contributed by atoms with Gasteiger partial charge in [-0.25, -0.2) is 9.18 Å². The molecule has 18 heavy (non-hydrogen) atoms. The number of ether oxygens (including phenoxy) is 2. The van der Waals surface area contributed by atoms with Gasteiger partial charge in [-0.15, -0.1) is 0 Å². The third-order valence-electron chi connectivity index (χ3n) is 2.08. The van der Waals surface area contributed by atoms with Crippen LogP contribution in [0.15, 0.2) is 18.2 Å². The van der Waals surface area contributed by atoms with Gasteiger partial charge >= 0.3 is 5.97 Å². The molecule has 0 saturated carbocycles. The Kier molecular flexibility index (Phi) is 4.61. The molecule has 0 fully saturated rings. The number of benzene rings is 1. The monoisotopic (exact) mass is 257 g/mol. The summed E-state index contributed by atoms with van der Waals surface area (Å²) in [5, 5.41) is 8.80. The number of carbonyl (C=O) groups is 2. The van der Waals surface area contributed by atoms with E-state index in [4.69, 9.17) is 15.6 Å². The number of aliphatic carboxylic acids is 1. The highest BCUT2D eigenvalue weighted by Crippen LogP contribution is 2.17. The molecular weight excluding hydrogens is 245 g/mol. The molecule has 0 spiro atoms. The van der Waals surface area contributed by atoms with Crippen LogP contribution in [-0.2, 0) is 9.53 Å². The second-order valence-electron chi connectivity index (χ2n) is 3.41.